The first-order valence-corrected chi connectivity index (χ1v) is 7.55. The highest BCUT2D eigenvalue weighted by Gasteiger charge is 2.58. The van der Waals surface area contributed by atoms with Crippen molar-refractivity contribution in [2.75, 3.05) is 0 Å². The van der Waals surface area contributed by atoms with E-state index in [2.05, 4.69) is 0 Å². The van der Waals surface area contributed by atoms with E-state index in [0.717, 1.165) is 0 Å². The van der Waals surface area contributed by atoms with Crippen molar-refractivity contribution in [3.8, 4) is 11.5 Å². The molecule has 2 aromatic rings. The molecule has 0 saturated heterocycles. The smallest absolute Gasteiger partial charge is 0.251 e. The second-order valence-corrected chi connectivity index (χ2v) is 6.30. The molecule has 2 atom stereocenters. The number of alkyl halides is 2. The summed E-state index contributed by atoms with van der Waals surface area (Å²) < 4.78 is 48.1. The summed E-state index contributed by atoms with van der Waals surface area (Å²) in [4.78, 5) is 0. The molecule has 1 N–H and O–H groups in total. The van der Waals surface area contributed by atoms with Crippen molar-refractivity contribution in [1.29, 1.82) is 0 Å². The largest absolute Gasteiger partial charge is 0.508 e. The molecule has 0 radical (unpaired) electrons. The maximum absolute atomic E-state index is 14.5. The van der Waals surface area contributed by atoms with Gasteiger partial charge in [0.1, 0.15) is 23.4 Å². The van der Waals surface area contributed by atoms with Crippen LogP contribution in [-0.4, -0.2) is 17.1 Å². The molecule has 0 amide bonds. The lowest BCUT2D eigenvalue weighted by Gasteiger charge is -2.41. The van der Waals surface area contributed by atoms with Gasteiger partial charge < -0.3 is 9.84 Å². The van der Waals surface area contributed by atoms with Gasteiger partial charge in [0.05, 0.1) is 5.41 Å². The zero-order valence-corrected chi connectivity index (χ0v) is 12.2. The van der Waals surface area contributed by atoms with E-state index in [1.807, 2.05) is 0 Å². The van der Waals surface area contributed by atoms with E-state index in [0.29, 0.717) is 16.9 Å². The summed E-state index contributed by atoms with van der Waals surface area (Å²) in [5, 5.41) is 9.50. The van der Waals surface area contributed by atoms with Gasteiger partial charge in [-0.3, -0.25) is 0 Å². The Balaban J connectivity index is 1.94. The minimum absolute atomic E-state index is 0.0792. The van der Waals surface area contributed by atoms with Crippen LogP contribution in [0.3, 0.4) is 0 Å². The molecule has 120 valence electrons. The highest BCUT2D eigenvalue weighted by Crippen LogP contribution is 2.57. The fourth-order valence-corrected chi connectivity index (χ4v) is 3.94. The predicted octanol–water partition coefficient (Wildman–Crippen LogP) is 4.40. The van der Waals surface area contributed by atoms with E-state index in [1.54, 1.807) is 18.2 Å². The van der Waals surface area contributed by atoms with Gasteiger partial charge in [-0.05, 0) is 36.2 Å². The van der Waals surface area contributed by atoms with E-state index in [1.165, 1.54) is 24.3 Å². The van der Waals surface area contributed by atoms with E-state index in [4.69, 9.17) is 4.74 Å². The Kier molecular flexibility index (Phi) is 2.92. The molecule has 0 spiro atoms. The van der Waals surface area contributed by atoms with Crippen molar-refractivity contribution in [1.82, 2.24) is 0 Å². The first-order chi connectivity index (χ1) is 10.9. The molecule has 23 heavy (non-hydrogen) atoms. The van der Waals surface area contributed by atoms with Crippen molar-refractivity contribution in [2.45, 2.75) is 36.7 Å². The van der Waals surface area contributed by atoms with Gasteiger partial charge in [0, 0.05) is 18.4 Å². The Morgan fingerprint density at radius 3 is 2.52 bits per heavy atom. The minimum atomic E-state index is -2.82. The van der Waals surface area contributed by atoms with Crippen LogP contribution in [0.2, 0.25) is 0 Å². The van der Waals surface area contributed by atoms with Crippen LogP contribution in [0, 0.1) is 5.82 Å². The molecule has 5 heteroatoms. The molecule has 0 aromatic heterocycles. The first-order valence-electron chi connectivity index (χ1n) is 7.55. The average Bonchev–Trinajstić information content (AvgIpc) is 2.82. The molecule has 2 aromatic carbocycles. The summed E-state index contributed by atoms with van der Waals surface area (Å²) in [5.74, 6) is -2.84. The third-order valence-corrected chi connectivity index (χ3v) is 4.99. The SMILES string of the molecule is Oc1ccc(C23CCC(F)(F)CC2Oc2cccc(F)c23)cc1. The Labute approximate surface area is 131 Å². The summed E-state index contributed by atoms with van der Waals surface area (Å²) in [7, 11) is 0. The fourth-order valence-electron chi connectivity index (χ4n) is 3.94. The number of rotatable bonds is 1. The topological polar surface area (TPSA) is 29.5 Å². The van der Waals surface area contributed by atoms with Crippen LogP contribution in [0.15, 0.2) is 42.5 Å². The van der Waals surface area contributed by atoms with Gasteiger partial charge in [-0.25, -0.2) is 13.2 Å². The van der Waals surface area contributed by atoms with Crippen molar-refractivity contribution >= 4 is 0 Å². The van der Waals surface area contributed by atoms with Crippen LogP contribution in [0.4, 0.5) is 13.2 Å². The molecule has 1 fully saturated rings. The van der Waals surface area contributed by atoms with Crippen LogP contribution < -0.4 is 4.74 Å². The lowest BCUT2D eigenvalue weighted by atomic mass is 9.63. The Bertz CT molecular complexity index is 757. The third kappa shape index (κ3) is 2.02. The zero-order chi connectivity index (χ0) is 16.2. The molecule has 1 aliphatic heterocycles. The number of ether oxygens (including phenoxy) is 1. The minimum Gasteiger partial charge on any atom is -0.508 e. The zero-order valence-electron chi connectivity index (χ0n) is 12.2. The van der Waals surface area contributed by atoms with Crippen molar-refractivity contribution in [3.05, 3.63) is 59.4 Å². The summed E-state index contributed by atoms with van der Waals surface area (Å²) in [6.07, 6.45) is -1.48. The second-order valence-electron chi connectivity index (χ2n) is 6.30. The van der Waals surface area contributed by atoms with Crippen molar-refractivity contribution < 1.29 is 23.0 Å². The van der Waals surface area contributed by atoms with Crippen LogP contribution in [0.5, 0.6) is 11.5 Å². The highest BCUT2D eigenvalue weighted by atomic mass is 19.3. The maximum Gasteiger partial charge on any atom is 0.251 e. The fraction of sp³-hybridized carbons (Fsp3) is 0.333. The van der Waals surface area contributed by atoms with Gasteiger partial charge in [-0.2, -0.15) is 0 Å². The van der Waals surface area contributed by atoms with Gasteiger partial charge in [0.2, 0.25) is 0 Å². The van der Waals surface area contributed by atoms with E-state index >= 15 is 0 Å². The number of hydrogen-bond acceptors (Lipinski definition) is 2. The highest BCUT2D eigenvalue weighted by molar-refractivity contribution is 5.54. The predicted molar refractivity (Wildman–Crippen MR) is 78.5 cm³/mol. The Hall–Kier alpha value is -2.17. The molecular weight excluding hydrogens is 305 g/mol. The normalized spacial score (nSPS) is 27.9. The Morgan fingerprint density at radius 2 is 1.78 bits per heavy atom. The van der Waals surface area contributed by atoms with Crippen LogP contribution >= 0.6 is 0 Å². The molecular formula is C18H15F3O2. The number of phenolic OH excluding ortho intramolecular Hbond substituents is 1. The summed E-state index contributed by atoms with van der Waals surface area (Å²) >= 11 is 0. The first kappa shape index (κ1) is 14.4. The van der Waals surface area contributed by atoms with E-state index in [9.17, 15) is 18.3 Å². The molecule has 0 bridgehead atoms. The Morgan fingerprint density at radius 1 is 1.04 bits per heavy atom. The maximum atomic E-state index is 14.5. The van der Waals surface area contributed by atoms with E-state index < -0.39 is 29.7 Å². The third-order valence-electron chi connectivity index (χ3n) is 4.99. The standard InChI is InChI=1S/C18H15F3O2/c19-13-2-1-3-14-16(13)18(11-4-6-12(22)7-5-11)9-8-17(20,21)10-15(18)23-14/h1-7,15,22H,8-10H2. The summed E-state index contributed by atoms with van der Waals surface area (Å²) in [5.41, 5.74) is 0.113. The lowest BCUT2D eigenvalue weighted by Crippen LogP contribution is -2.48. The summed E-state index contributed by atoms with van der Waals surface area (Å²) in [6, 6.07) is 10.8. The molecule has 1 saturated carbocycles. The monoisotopic (exact) mass is 320 g/mol. The van der Waals surface area contributed by atoms with Gasteiger partial charge in [-0.1, -0.05) is 18.2 Å². The summed E-state index contributed by atoms with van der Waals surface area (Å²) in [6.45, 7) is 0. The van der Waals surface area contributed by atoms with Gasteiger partial charge in [-0.15, -0.1) is 0 Å². The average molecular weight is 320 g/mol. The van der Waals surface area contributed by atoms with Gasteiger partial charge >= 0.3 is 0 Å². The van der Waals surface area contributed by atoms with Crippen molar-refractivity contribution in [3.63, 3.8) is 0 Å². The lowest BCUT2D eigenvalue weighted by molar-refractivity contribution is -0.0832. The molecule has 2 unspecified atom stereocenters. The molecule has 4 rings (SSSR count). The number of halogens is 3. The number of fused-ring (bicyclic) bond motifs is 3. The number of aromatic hydroxyl groups is 1. The number of hydrogen-bond donors (Lipinski definition) is 1. The quantitative estimate of drug-likeness (QED) is 0.844. The molecule has 1 aliphatic carbocycles. The number of benzene rings is 2. The molecule has 2 aliphatic rings. The van der Waals surface area contributed by atoms with Crippen LogP contribution in [0.1, 0.15) is 30.4 Å². The molecule has 2 nitrogen and oxygen atoms in total. The van der Waals surface area contributed by atoms with E-state index in [-0.39, 0.29) is 18.6 Å². The van der Waals surface area contributed by atoms with Crippen LogP contribution in [-0.2, 0) is 5.41 Å². The van der Waals surface area contributed by atoms with Crippen molar-refractivity contribution in [2.24, 2.45) is 0 Å². The number of phenols is 1. The second kappa shape index (κ2) is 4.66. The van der Waals surface area contributed by atoms with Gasteiger partial charge in [0.25, 0.3) is 5.92 Å². The van der Waals surface area contributed by atoms with Crippen LogP contribution in [0.25, 0.3) is 0 Å². The van der Waals surface area contributed by atoms with Gasteiger partial charge in [0.15, 0.2) is 0 Å². The molecule has 1 heterocycles.